The van der Waals surface area contributed by atoms with Crippen molar-refractivity contribution in [2.24, 2.45) is 0 Å². The van der Waals surface area contributed by atoms with E-state index in [0.717, 1.165) is 6.42 Å². The Morgan fingerprint density at radius 3 is 2.58 bits per heavy atom. The summed E-state index contributed by atoms with van der Waals surface area (Å²) in [7, 11) is -2.27. The average molecular weight is 287 g/mol. The molecule has 1 aromatic carbocycles. The monoisotopic (exact) mass is 287 g/mol. The normalized spacial score (nSPS) is 14.9. The van der Waals surface area contributed by atoms with E-state index < -0.39 is 15.6 Å². The second-order valence-electron chi connectivity index (χ2n) is 4.72. The molecule has 0 aliphatic carbocycles. The van der Waals surface area contributed by atoms with Crippen LogP contribution in [0, 0.1) is 0 Å². The first-order valence-electron chi connectivity index (χ1n) is 6.17. The van der Waals surface area contributed by atoms with Crippen molar-refractivity contribution in [1.82, 2.24) is 4.72 Å². The van der Waals surface area contributed by atoms with Crippen LogP contribution in [0.5, 0.6) is 5.75 Å². The molecule has 19 heavy (non-hydrogen) atoms. The molecule has 0 aliphatic heterocycles. The minimum absolute atomic E-state index is 0.0266. The van der Waals surface area contributed by atoms with E-state index in [4.69, 9.17) is 4.74 Å². The third-order valence-electron chi connectivity index (χ3n) is 2.79. The lowest BCUT2D eigenvalue weighted by Crippen LogP contribution is -2.40. The summed E-state index contributed by atoms with van der Waals surface area (Å²) in [5, 5.41) is 9.99. The van der Waals surface area contributed by atoms with Gasteiger partial charge < -0.3 is 9.84 Å². The molecule has 1 atom stereocenters. The Hall–Kier alpha value is -1.11. The number of para-hydroxylation sites is 1. The van der Waals surface area contributed by atoms with E-state index in [1.807, 2.05) is 6.92 Å². The maximum absolute atomic E-state index is 12.2. The van der Waals surface area contributed by atoms with E-state index in [1.54, 1.807) is 25.1 Å². The average Bonchev–Trinajstić information content (AvgIpc) is 2.37. The molecule has 0 saturated heterocycles. The number of hydrogen-bond donors (Lipinski definition) is 2. The van der Waals surface area contributed by atoms with Crippen LogP contribution in [0.2, 0.25) is 0 Å². The van der Waals surface area contributed by atoms with Crippen molar-refractivity contribution in [1.29, 1.82) is 0 Å². The summed E-state index contributed by atoms with van der Waals surface area (Å²) in [5.41, 5.74) is -1.05. The number of rotatable bonds is 7. The van der Waals surface area contributed by atoms with Crippen molar-refractivity contribution in [2.45, 2.75) is 37.2 Å². The van der Waals surface area contributed by atoms with Gasteiger partial charge in [-0.3, -0.25) is 0 Å². The molecule has 0 saturated carbocycles. The van der Waals surface area contributed by atoms with Crippen LogP contribution in [0.3, 0.4) is 0 Å². The summed E-state index contributed by atoms with van der Waals surface area (Å²) in [6.07, 6.45) is 1.31. The van der Waals surface area contributed by atoms with Gasteiger partial charge >= 0.3 is 0 Å². The highest BCUT2D eigenvalue weighted by molar-refractivity contribution is 7.89. The first-order valence-corrected chi connectivity index (χ1v) is 7.66. The standard InChI is InChI=1S/C13H21NO4S/c1-4-9-13(2,15)10-14-19(16,17)12-8-6-5-7-11(12)18-3/h5-8,14-15H,4,9-10H2,1-3H3. The van der Waals surface area contributed by atoms with Gasteiger partial charge in [-0.25, -0.2) is 13.1 Å². The van der Waals surface area contributed by atoms with Gasteiger partial charge in [-0.05, 0) is 25.5 Å². The van der Waals surface area contributed by atoms with Crippen molar-refractivity contribution in [3.05, 3.63) is 24.3 Å². The minimum atomic E-state index is -3.69. The van der Waals surface area contributed by atoms with Crippen LogP contribution in [0.15, 0.2) is 29.2 Å². The van der Waals surface area contributed by atoms with Crippen LogP contribution in [0.25, 0.3) is 0 Å². The van der Waals surface area contributed by atoms with E-state index in [-0.39, 0.29) is 17.2 Å². The number of methoxy groups -OCH3 is 1. The highest BCUT2D eigenvalue weighted by atomic mass is 32.2. The van der Waals surface area contributed by atoms with Crippen LogP contribution in [0.4, 0.5) is 0 Å². The summed E-state index contributed by atoms with van der Waals surface area (Å²) in [6, 6.07) is 6.38. The van der Waals surface area contributed by atoms with E-state index in [2.05, 4.69) is 4.72 Å². The van der Waals surface area contributed by atoms with Gasteiger partial charge in [0.15, 0.2) is 0 Å². The summed E-state index contributed by atoms with van der Waals surface area (Å²) in [5.74, 6) is 0.283. The van der Waals surface area contributed by atoms with Gasteiger partial charge in [0, 0.05) is 6.54 Å². The highest BCUT2D eigenvalue weighted by Crippen LogP contribution is 2.23. The fourth-order valence-electron chi connectivity index (χ4n) is 1.80. The summed E-state index contributed by atoms with van der Waals surface area (Å²) in [4.78, 5) is 0.0739. The molecule has 0 fully saturated rings. The second kappa shape index (κ2) is 6.36. The maximum atomic E-state index is 12.2. The zero-order valence-corrected chi connectivity index (χ0v) is 12.3. The van der Waals surface area contributed by atoms with Crippen molar-refractivity contribution >= 4 is 10.0 Å². The largest absolute Gasteiger partial charge is 0.495 e. The van der Waals surface area contributed by atoms with Crippen LogP contribution >= 0.6 is 0 Å². The Morgan fingerprint density at radius 2 is 2.00 bits per heavy atom. The molecule has 0 radical (unpaired) electrons. The summed E-state index contributed by atoms with van der Waals surface area (Å²) >= 11 is 0. The Morgan fingerprint density at radius 1 is 1.37 bits per heavy atom. The number of ether oxygens (including phenoxy) is 1. The molecule has 108 valence electrons. The zero-order chi connectivity index (χ0) is 14.5. The fraction of sp³-hybridized carbons (Fsp3) is 0.538. The minimum Gasteiger partial charge on any atom is -0.495 e. The van der Waals surface area contributed by atoms with Crippen LogP contribution in [-0.4, -0.2) is 32.8 Å². The van der Waals surface area contributed by atoms with Gasteiger partial charge in [0.2, 0.25) is 10.0 Å². The van der Waals surface area contributed by atoms with Gasteiger partial charge in [-0.15, -0.1) is 0 Å². The number of benzene rings is 1. The van der Waals surface area contributed by atoms with E-state index >= 15 is 0 Å². The lowest BCUT2D eigenvalue weighted by atomic mass is 10.0. The molecule has 1 rings (SSSR count). The fourth-order valence-corrected chi connectivity index (χ4v) is 3.13. The lowest BCUT2D eigenvalue weighted by Gasteiger charge is -2.23. The maximum Gasteiger partial charge on any atom is 0.244 e. The smallest absolute Gasteiger partial charge is 0.244 e. The third-order valence-corrected chi connectivity index (χ3v) is 4.23. The predicted molar refractivity (Wildman–Crippen MR) is 73.7 cm³/mol. The molecule has 1 aromatic rings. The molecule has 0 aromatic heterocycles. The van der Waals surface area contributed by atoms with Crippen molar-refractivity contribution in [3.8, 4) is 5.75 Å². The SMILES string of the molecule is CCCC(C)(O)CNS(=O)(=O)c1ccccc1OC. The highest BCUT2D eigenvalue weighted by Gasteiger charge is 2.25. The van der Waals surface area contributed by atoms with Gasteiger partial charge in [-0.1, -0.05) is 25.5 Å². The second-order valence-corrected chi connectivity index (χ2v) is 6.46. The topological polar surface area (TPSA) is 75.6 Å². The van der Waals surface area contributed by atoms with Gasteiger partial charge in [0.05, 0.1) is 12.7 Å². The molecule has 2 N–H and O–H groups in total. The van der Waals surface area contributed by atoms with E-state index in [1.165, 1.54) is 13.2 Å². The van der Waals surface area contributed by atoms with Crippen molar-refractivity contribution in [3.63, 3.8) is 0 Å². The first kappa shape index (κ1) is 15.9. The number of nitrogens with one attached hydrogen (secondary N) is 1. The van der Waals surface area contributed by atoms with Crippen molar-refractivity contribution in [2.75, 3.05) is 13.7 Å². The zero-order valence-electron chi connectivity index (χ0n) is 11.5. The van der Waals surface area contributed by atoms with Crippen molar-refractivity contribution < 1.29 is 18.3 Å². The number of sulfonamides is 1. The third kappa shape index (κ3) is 4.49. The molecule has 0 amide bonds. The van der Waals surface area contributed by atoms with Gasteiger partial charge in [0.25, 0.3) is 0 Å². The van der Waals surface area contributed by atoms with Gasteiger partial charge in [-0.2, -0.15) is 0 Å². The summed E-state index contributed by atoms with van der Waals surface area (Å²) < 4.78 is 31.8. The Kier molecular flexibility index (Phi) is 5.34. The molecule has 0 aliphatic rings. The van der Waals surface area contributed by atoms with Crippen LogP contribution in [0.1, 0.15) is 26.7 Å². The molecule has 5 nitrogen and oxygen atoms in total. The lowest BCUT2D eigenvalue weighted by molar-refractivity contribution is 0.0554. The Balaban J connectivity index is 2.87. The molecule has 0 heterocycles. The molecule has 0 bridgehead atoms. The summed E-state index contributed by atoms with van der Waals surface area (Å²) in [6.45, 7) is 3.52. The Bertz CT molecular complexity index is 511. The Labute approximate surface area is 114 Å². The molecular weight excluding hydrogens is 266 g/mol. The van der Waals surface area contributed by atoms with E-state index in [9.17, 15) is 13.5 Å². The number of hydrogen-bond acceptors (Lipinski definition) is 4. The first-order chi connectivity index (χ1) is 8.82. The number of aliphatic hydroxyl groups is 1. The van der Waals surface area contributed by atoms with Crippen LogP contribution < -0.4 is 9.46 Å². The van der Waals surface area contributed by atoms with E-state index in [0.29, 0.717) is 6.42 Å². The molecular formula is C13H21NO4S. The van der Waals surface area contributed by atoms with Crippen LogP contribution in [-0.2, 0) is 10.0 Å². The van der Waals surface area contributed by atoms with Gasteiger partial charge in [0.1, 0.15) is 10.6 Å². The quantitative estimate of drug-likeness (QED) is 0.797. The predicted octanol–water partition coefficient (Wildman–Crippen LogP) is 1.52. The molecule has 0 spiro atoms. The molecule has 6 heteroatoms. The molecule has 1 unspecified atom stereocenters.